The Labute approximate surface area is 203 Å². The monoisotopic (exact) mass is 478 g/mol. The normalized spacial score (nSPS) is 18.3. The number of hydrogen-bond acceptors (Lipinski definition) is 3. The third-order valence-corrected chi connectivity index (χ3v) is 6.46. The number of aryl methyl sites for hydroxylation is 1. The van der Waals surface area contributed by atoms with Crippen molar-refractivity contribution < 1.29 is 23.1 Å². The molecule has 0 saturated carbocycles. The summed E-state index contributed by atoms with van der Waals surface area (Å²) in [7, 11) is 0. The first kappa shape index (κ1) is 24.4. The highest BCUT2D eigenvalue weighted by Gasteiger charge is 2.50. The van der Waals surface area contributed by atoms with Crippen molar-refractivity contribution in [3.63, 3.8) is 0 Å². The molecule has 1 aliphatic heterocycles. The van der Waals surface area contributed by atoms with Gasteiger partial charge < -0.3 is 9.64 Å². The molecular formula is C28H28F2N2O3. The molecule has 5 nitrogen and oxygen atoms in total. The largest absolute Gasteiger partial charge is 0.424 e. The molecule has 0 aliphatic carbocycles. The van der Waals surface area contributed by atoms with Gasteiger partial charge in [0.05, 0.1) is 12.1 Å². The van der Waals surface area contributed by atoms with E-state index >= 15 is 0 Å². The topological polar surface area (TPSA) is 49.9 Å². The van der Waals surface area contributed by atoms with Gasteiger partial charge in [-0.15, -0.1) is 0 Å². The molecule has 1 fully saturated rings. The molecule has 4 rings (SSSR count). The van der Waals surface area contributed by atoms with Gasteiger partial charge in [0.15, 0.2) is 11.6 Å². The van der Waals surface area contributed by atoms with Crippen molar-refractivity contribution in [3.8, 4) is 5.75 Å². The first-order valence-electron chi connectivity index (χ1n) is 11.5. The van der Waals surface area contributed by atoms with Crippen LogP contribution in [0.3, 0.4) is 0 Å². The molecule has 0 bridgehead atoms. The van der Waals surface area contributed by atoms with Gasteiger partial charge in [-0.05, 0) is 49.2 Å². The second kappa shape index (κ2) is 9.49. The summed E-state index contributed by atoms with van der Waals surface area (Å²) < 4.78 is 33.5. The zero-order valence-corrected chi connectivity index (χ0v) is 20.2. The maximum absolute atomic E-state index is 14.2. The van der Waals surface area contributed by atoms with Gasteiger partial charge in [-0.1, -0.05) is 67.9 Å². The molecule has 182 valence electrons. The summed E-state index contributed by atoms with van der Waals surface area (Å²) in [6.45, 7) is 7.87. The number of carbonyl (C=O) groups excluding carboxylic acids is 2. The van der Waals surface area contributed by atoms with Gasteiger partial charge in [0.25, 0.3) is 0 Å². The van der Waals surface area contributed by atoms with E-state index in [-0.39, 0.29) is 11.8 Å². The summed E-state index contributed by atoms with van der Waals surface area (Å²) in [5, 5.41) is 0. The Bertz CT molecular complexity index is 1230. The smallest absolute Gasteiger partial charge is 0.410 e. The number of nitrogens with zero attached hydrogens (tertiary/aromatic N) is 2. The molecule has 3 amide bonds. The number of halogens is 2. The molecule has 1 saturated heterocycles. The summed E-state index contributed by atoms with van der Waals surface area (Å²) in [6.07, 6.45) is -0.883. The first-order valence-corrected chi connectivity index (χ1v) is 11.5. The van der Waals surface area contributed by atoms with E-state index in [1.54, 1.807) is 29.2 Å². The third-order valence-electron chi connectivity index (χ3n) is 6.46. The lowest BCUT2D eigenvalue weighted by Gasteiger charge is -2.50. The maximum atomic E-state index is 14.2. The molecule has 3 aromatic rings. The molecule has 0 aromatic heterocycles. The van der Waals surface area contributed by atoms with Crippen LogP contribution in [0, 0.1) is 24.0 Å². The second-order valence-electron chi connectivity index (χ2n) is 9.61. The lowest BCUT2D eigenvalue weighted by atomic mass is 9.77. The standard InChI is InChI=1S/C28H28F2N2O3/c1-18-10-13-22(14-11-18)35-27(34)32-25(21-12-15-23(29)24(30)16-21)28(3,4)17-31(26(32)33)19(2)20-8-6-5-7-9-20/h5-16,19,25H,17H2,1-4H3/t19-,25?/m1/s1. The molecule has 7 heteroatoms. The second-order valence-corrected chi connectivity index (χ2v) is 9.61. The van der Waals surface area contributed by atoms with Gasteiger partial charge in [0.1, 0.15) is 5.75 Å². The number of urea groups is 1. The van der Waals surface area contributed by atoms with E-state index in [0.29, 0.717) is 12.1 Å². The lowest BCUT2D eigenvalue weighted by molar-refractivity contribution is 0.0136. The van der Waals surface area contributed by atoms with Crippen LogP contribution in [0.5, 0.6) is 5.75 Å². The Morgan fingerprint density at radius 3 is 2.29 bits per heavy atom. The minimum Gasteiger partial charge on any atom is -0.410 e. The summed E-state index contributed by atoms with van der Waals surface area (Å²) in [4.78, 5) is 29.9. The average Bonchev–Trinajstić information content (AvgIpc) is 2.83. The van der Waals surface area contributed by atoms with Crippen LogP contribution in [0.1, 0.15) is 49.5 Å². The van der Waals surface area contributed by atoms with Gasteiger partial charge in [-0.2, -0.15) is 0 Å². The highest BCUT2D eigenvalue weighted by Crippen LogP contribution is 2.45. The van der Waals surface area contributed by atoms with Crippen molar-refractivity contribution in [1.82, 2.24) is 9.80 Å². The van der Waals surface area contributed by atoms with Crippen molar-refractivity contribution in [2.45, 2.75) is 39.8 Å². The molecule has 0 spiro atoms. The molecule has 1 heterocycles. The van der Waals surface area contributed by atoms with Crippen molar-refractivity contribution in [2.24, 2.45) is 5.41 Å². The Balaban J connectivity index is 1.77. The first-order chi connectivity index (χ1) is 16.6. The van der Waals surface area contributed by atoms with Crippen LogP contribution in [0.4, 0.5) is 18.4 Å². The van der Waals surface area contributed by atoms with Crippen LogP contribution >= 0.6 is 0 Å². The zero-order chi connectivity index (χ0) is 25.3. The van der Waals surface area contributed by atoms with Crippen LogP contribution in [0.15, 0.2) is 72.8 Å². The molecule has 1 unspecified atom stereocenters. The quantitative estimate of drug-likeness (QED) is 0.404. The van der Waals surface area contributed by atoms with Gasteiger partial charge >= 0.3 is 12.1 Å². The van der Waals surface area contributed by atoms with E-state index in [1.165, 1.54) is 6.07 Å². The van der Waals surface area contributed by atoms with Crippen LogP contribution in [-0.2, 0) is 0 Å². The fraction of sp³-hybridized carbons (Fsp3) is 0.286. The Kier molecular flexibility index (Phi) is 6.61. The number of ether oxygens (including phenoxy) is 1. The van der Waals surface area contributed by atoms with Crippen molar-refractivity contribution in [3.05, 3.63) is 101 Å². The summed E-state index contributed by atoms with van der Waals surface area (Å²) >= 11 is 0. The van der Waals surface area contributed by atoms with E-state index in [2.05, 4.69) is 0 Å². The van der Waals surface area contributed by atoms with Gasteiger partial charge in [0, 0.05) is 12.0 Å². The number of benzene rings is 3. The molecular weight excluding hydrogens is 450 g/mol. The number of rotatable bonds is 4. The average molecular weight is 479 g/mol. The summed E-state index contributed by atoms with van der Waals surface area (Å²) in [5.41, 5.74) is 1.50. The number of amides is 3. The number of carbonyl (C=O) groups is 2. The number of imide groups is 1. The highest BCUT2D eigenvalue weighted by atomic mass is 19.2. The van der Waals surface area contributed by atoms with Gasteiger partial charge in [0.2, 0.25) is 0 Å². The van der Waals surface area contributed by atoms with Gasteiger partial charge in [-0.3, -0.25) is 0 Å². The molecule has 3 aromatic carbocycles. The van der Waals surface area contributed by atoms with E-state index in [1.807, 2.05) is 58.0 Å². The van der Waals surface area contributed by atoms with Crippen molar-refractivity contribution in [1.29, 1.82) is 0 Å². The zero-order valence-electron chi connectivity index (χ0n) is 20.2. The van der Waals surface area contributed by atoms with Crippen molar-refractivity contribution >= 4 is 12.1 Å². The minimum absolute atomic E-state index is 0.281. The van der Waals surface area contributed by atoms with Crippen LogP contribution in [-0.4, -0.2) is 28.5 Å². The molecule has 35 heavy (non-hydrogen) atoms. The van der Waals surface area contributed by atoms with E-state index < -0.39 is 35.2 Å². The highest BCUT2D eigenvalue weighted by molar-refractivity contribution is 5.93. The van der Waals surface area contributed by atoms with Crippen LogP contribution < -0.4 is 4.74 Å². The van der Waals surface area contributed by atoms with Crippen molar-refractivity contribution in [2.75, 3.05) is 6.54 Å². The fourth-order valence-corrected chi connectivity index (χ4v) is 4.63. The maximum Gasteiger partial charge on any atom is 0.424 e. The molecule has 0 N–H and O–H groups in total. The predicted octanol–water partition coefficient (Wildman–Crippen LogP) is 7.04. The minimum atomic E-state index is -1.04. The lowest BCUT2D eigenvalue weighted by Crippen LogP contribution is -2.60. The predicted molar refractivity (Wildman–Crippen MR) is 129 cm³/mol. The third kappa shape index (κ3) is 4.90. The molecule has 1 aliphatic rings. The Hall–Kier alpha value is -3.74. The number of hydrogen-bond donors (Lipinski definition) is 0. The Morgan fingerprint density at radius 1 is 1.00 bits per heavy atom. The van der Waals surface area contributed by atoms with Gasteiger partial charge in [-0.25, -0.2) is 23.3 Å². The SMILES string of the molecule is Cc1ccc(OC(=O)N2C(=O)N([C@H](C)c3ccccc3)CC(C)(C)C2c2ccc(F)c(F)c2)cc1. The molecule has 2 atom stereocenters. The van der Waals surface area contributed by atoms with E-state index in [0.717, 1.165) is 28.2 Å². The molecule has 0 radical (unpaired) electrons. The Morgan fingerprint density at radius 2 is 1.66 bits per heavy atom. The van der Waals surface area contributed by atoms with E-state index in [9.17, 15) is 18.4 Å². The summed E-state index contributed by atoms with van der Waals surface area (Å²) in [6, 6.07) is 18.1. The fourth-order valence-electron chi connectivity index (χ4n) is 4.63. The van der Waals surface area contributed by atoms with Crippen LogP contribution in [0.25, 0.3) is 0 Å². The van der Waals surface area contributed by atoms with Crippen LogP contribution in [0.2, 0.25) is 0 Å². The summed E-state index contributed by atoms with van der Waals surface area (Å²) in [5.74, 6) is -1.76. The van der Waals surface area contributed by atoms with E-state index in [4.69, 9.17) is 4.74 Å².